The fourth-order valence-corrected chi connectivity index (χ4v) is 9.70. The normalized spacial score (nSPS) is 12.1. The van der Waals surface area contributed by atoms with Crippen LogP contribution in [-0.2, 0) is 0 Å². The highest BCUT2D eigenvalue weighted by molar-refractivity contribution is 7.99. The van der Waals surface area contributed by atoms with Crippen molar-refractivity contribution in [1.82, 2.24) is 24.1 Å². The number of aromatic nitrogens is 5. The van der Waals surface area contributed by atoms with Crippen molar-refractivity contribution < 1.29 is 0 Å². The lowest BCUT2D eigenvalue weighted by Crippen LogP contribution is -2.05. The number of hydrogen-bond donors (Lipinski definition) is 0. The van der Waals surface area contributed by atoms with Crippen molar-refractivity contribution in [1.29, 1.82) is 0 Å². The molecule has 0 unspecified atom stereocenters. The Hall–Kier alpha value is -7.28. The minimum absolute atomic E-state index is 0.644. The lowest BCUT2D eigenvalue weighted by Gasteiger charge is -2.22. The van der Waals surface area contributed by atoms with Crippen LogP contribution in [0.1, 0.15) is 0 Å². The second-order valence-electron chi connectivity index (χ2n) is 14.4. The van der Waals surface area contributed by atoms with Crippen LogP contribution in [0.15, 0.2) is 198 Å². The van der Waals surface area contributed by atoms with Crippen molar-refractivity contribution >= 4 is 55.4 Å². The third-order valence-electron chi connectivity index (χ3n) is 11.2. The Morgan fingerprint density at radius 3 is 1.84 bits per heavy atom. The first-order valence-corrected chi connectivity index (χ1v) is 19.9. The Labute approximate surface area is 332 Å². The first kappa shape index (κ1) is 32.0. The first-order chi connectivity index (χ1) is 28.3. The minimum Gasteiger partial charge on any atom is -0.295 e. The maximum Gasteiger partial charge on any atom is 0.164 e. The Morgan fingerprint density at radius 2 is 1.02 bits per heavy atom. The molecule has 0 fully saturated rings. The van der Waals surface area contributed by atoms with E-state index in [-0.39, 0.29) is 0 Å². The molecular weight excluding hydrogens is 715 g/mol. The summed E-state index contributed by atoms with van der Waals surface area (Å²) in [6.45, 7) is 0. The summed E-state index contributed by atoms with van der Waals surface area (Å²) in [6.07, 6.45) is 0. The zero-order valence-electron chi connectivity index (χ0n) is 30.5. The van der Waals surface area contributed by atoms with Gasteiger partial charge in [0.05, 0.1) is 16.7 Å². The zero-order valence-corrected chi connectivity index (χ0v) is 31.4. The molecule has 0 saturated heterocycles. The van der Waals surface area contributed by atoms with Gasteiger partial charge in [-0.15, -0.1) is 0 Å². The highest BCUT2D eigenvalue weighted by Crippen LogP contribution is 2.50. The molecule has 6 heteroatoms. The highest BCUT2D eigenvalue weighted by atomic mass is 32.2. The summed E-state index contributed by atoms with van der Waals surface area (Å²) in [5, 5.41) is 6.10. The van der Waals surface area contributed by atoms with Gasteiger partial charge in [0.25, 0.3) is 0 Å². The van der Waals surface area contributed by atoms with Crippen molar-refractivity contribution in [3.8, 4) is 56.7 Å². The molecule has 5 nitrogen and oxygen atoms in total. The standard InChI is InChI=1S/C51H31N5S/c1-3-14-34(15-4-1)48-52-49(54-50(53-48)39-21-11-16-33-13-7-8-19-38(33)39)35-27-25-32(26-28-35)36-29-30-43-45(31-36)57-44-24-12-22-41-46-40-20-9-10-23-42(40)55(37-17-5-2-6-18-37)51(46)56(43)47(41)44/h1-31H. The van der Waals surface area contributed by atoms with Gasteiger partial charge < -0.3 is 0 Å². The molecule has 0 bridgehead atoms. The average molecular weight is 746 g/mol. The summed E-state index contributed by atoms with van der Waals surface area (Å²) >= 11 is 1.85. The number of hydrogen-bond acceptors (Lipinski definition) is 4. The van der Waals surface area contributed by atoms with Crippen LogP contribution in [0.2, 0.25) is 0 Å². The molecule has 0 N–H and O–H groups in total. The molecule has 0 spiro atoms. The van der Waals surface area contributed by atoms with E-state index >= 15 is 0 Å². The second-order valence-corrected chi connectivity index (χ2v) is 15.5. The Morgan fingerprint density at radius 1 is 0.404 bits per heavy atom. The van der Waals surface area contributed by atoms with Gasteiger partial charge >= 0.3 is 0 Å². The zero-order chi connectivity index (χ0) is 37.5. The van der Waals surface area contributed by atoms with E-state index in [1.807, 2.05) is 42.1 Å². The van der Waals surface area contributed by atoms with Crippen LogP contribution in [0.5, 0.6) is 0 Å². The van der Waals surface area contributed by atoms with E-state index in [0.717, 1.165) is 44.3 Å². The van der Waals surface area contributed by atoms with Crippen LogP contribution in [0, 0.1) is 0 Å². The molecule has 0 aliphatic carbocycles. The Bertz CT molecular complexity index is 3360. The van der Waals surface area contributed by atoms with Gasteiger partial charge in [-0.25, -0.2) is 15.0 Å². The SMILES string of the molecule is c1ccc(-c2nc(-c3ccc(-c4ccc5c(c4)Sc4cccc6c7c8ccccc8n(-c8ccccc8)c7n-5c46)cc3)nc(-c3cccc4ccccc34)n2)cc1. The predicted octanol–water partition coefficient (Wildman–Crippen LogP) is 13.2. The molecule has 8 aromatic carbocycles. The number of para-hydroxylation sites is 3. The van der Waals surface area contributed by atoms with Crippen molar-refractivity contribution in [2.24, 2.45) is 0 Å². The van der Waals surface area contributed by atoms with Crippen LogP contribution in [0.25, 0.3) is 100 Å². The van der Waals surface area contributed by atoms with Gasteiger partial charge in [-0.3, -0.25) is 9.13 Å². The quantitative estimate of drug-likeness (QED) is 0.176. The fourth-order valence-electron chi connectivity index (χ4n) is 8.57. The van der Waals surface area contributed by atoms with E-state index in [2.05, 4.69) is 167 Å². The van der Waals surface area contributed by atoms with Crippen molar-refractivity contribution in [3.63, 3.8) is 0 Å². The van der Waals surface area contributed by atoms with Crippen molar-refractivity contribution in [2.45, 2.75) is 9.79 Å². The van der Waals surface area contributed by atoms with E-state index in [4.69, 9.17) is 15.0 Å². The number of rotatable bonds is 5. The monoisotopic (exact) mass is 745 g/mol. The highest BCUT2D eigenvalue weighted by Gasteiger charge is 2.28. The van der Waals surface area contributed by atoms with Crippen LogP contribution in [-0.4, -0.2) is 24.1 Å². The molecule has 1 aliphatic rings. The summed E-state index contributed by atoms with van der Waals surface area (Å²) < 4.78 is 4.92. The minimum atomic E-state index is 0.644. The summed E-state index contributed by atoms with van der Waals surface area (Å²) in [6, 6.07) is 66.6. The molecule has 0 saturated carbocycles. The predicted molar refractivity (Wildman–Crippen MR) is 234 cm³/mol. The summed E-state index contributed by atoms with van der Waals surface area (Å²) in [4.78, 5) is 17.6. The topological polar surface area (TPSA) is 48.5 Å². The molecule has 266 valence electrons. The smallest absolute Gasteiger partial charge is 0.164 e. The fraction of sp³-hybridized carbons (Fsp3) is 0. The third kappa shape index (κ3) is 5.01. The van der Waals surface area contributed by atoms with Crippen LogP contribution in [0.3, 0.4) is 0 Å². The molecule has 0 radical (unpaired) electrons. The maximum absolute atomic E-state index is 5.08. The number of fused-ring (bicyclic) bond motifs is 8. The number of nitrogens with zero attached hydrogens (tertiary/aromatic N) is 5. The van der Waals surface area contributed by atoms with E-state index in [0.29, 0.717) is 17.5 Å². The maximum atomic E-state index is 5.08. The molecule has 4 heterocycles. The Kier molecular flexibility index (Phi) is 7.09. The van der Waals surface area contributed by atoms with Crippen molar-refractivity contribution in [2.75, 3.05) is 0 Å². The van der Waals surface area contributed by atoms with Gasteiger partial charge in [-0.05, 0) is 58.3 Å². The lowest BCUT2D eigenvalue weighted by atomic mass is 10.0. The molecule has 1 aliphatic heterocycles. The largest absolute Gasteiger partial charge is 0.295 e. The summed E-state index contributed by atoms with van der Waals surface area (Å²) in [7, 11) is 0. The van der Waals surface area contributed by atoms with Gasteiger partial charge in [0.2, 0.25) is 0 Å². The van der Waals surface area contributed by atoms with E-state index in [1.165, 1.54) is 48.3 Å². The summed E-state index contributed by atoms with van der Waals surface area (Å²) in [5.74, 6) is 1.95. The van der Waals surface area contributed by atoms with Gasteiger partial charge in [-0.2, -0.15) is 0 Å². The van der Waals surface area contributed by atoms with Crippen molar-refractivity contribution in [3.05, 3.63) is 188 Å². The van der Waals surface area contributed by atoms with Crippen LogP contribution < -0.4 is 0 Å². The molecule has 3 aromatic heterocycles. The second kappa shape index (κ2) is 12.6. The van der Waals surface area contributed by atoms with Crippen LogP contribution >= 0.6 is 11.8 Å². The third-order valence-corrected chi connectivity index (χ3v) is 12.3. The van der Waals surface area contributed by atoms with E-state index < -0.39 is 0 Å². The molecule has 0 atom stereocenters. The molecule has 12 rings (SSSR count). The van der Waals surface area contributed by atoms with Gasteiger partial charge in [-0.1, -0.05) is 163 Å². The summed E-state index contributed by atoms with van der Waals surface area (Å²) in [5.41, 5.74) is 11.2. The van der Waals surface area contributed by atoms with Gasteiger partial charge in [0.1, 0.15) is 5.65 Å². The van der Waals surface area contributed by atoms with E-state index in [9.17, 15) is 0 Å². The van der Waals surface area contributed by atoms with E-state index in [1.54, 1.807) is 0 Å². The Balaban J connectivity index is 0.976. The lowest BCUT2D eigenvalue weighted by molar-refractivity contribution is 1.03. The van der Waals surface area contributed by atoms with Gasteiger partial charge in [0, 0.05) is 48.3 Å². The number of benzene rings is 8. The molecule has 11 aromatic rings. The molecule has 57 heavy (non-hydrogen) atoms. The van der Waals surface area contributed by atoms with Gasteiger partial charge in [0.15, 0.2) is 17.5 Å². The molecule has 0 amide bonds. The van der Waals surface area contributed by atoms with Crippen LogP contribution in [0.4, 0.5) is 0 Å². The molecular formula is C51H31N5S. The average Bonchev–Trinajstić information content (AvgIpc) is 3.80. The first-order valence-electron chi connectivity index (χ1n) is 19.1.